The molecule has 1 fully saturated rings. The van der Waals surface area contributed by atoms with E-state index in [1.165, 1.54) is 0 Å². The van der Waals surface area contributed by atoms with Crippen molar-refractivity contribution >= 4 is 11.6 Å². The van der Waals surface area contributed by atoms with Gasteiger partial charge in [0, 0.05) is 5.02 Å². The van der Waals surface area contributed by atoms with Crippen molar-refractivity contribution in [3.8, 4) is 11.8 Å². The van der Waals surface area contributed by atoms with E-state index in [-0.39, 0.29) is 5.41 Å². The van der Waals surface area contributed by atoms with Gasteiger partial charge in [0.2, 0.25) is 0 Å². The summed E-state index contributed by atoms with van der Waals surface area (Å²) in [6, 6.07) is 7.77. The molecular weight excluding hydrogens is 198 g/mol. The van der Waals surface area contributed by atoms with Gasteiger partial charge < -0.3 is 4.74 Å². The fraction of sp³-hybridized carbons (Fsp3) is 0.364. The largest absolute Gasteiger partial charge is 0.497 e. The first kappa shape index (κ1) is 9.36. The summed E-state index contributed by atoms with van der Waals surface area (Å²) in [4.78, 5) is 0. The number of hydrogen-bond donors (Lipinski definition) is 0. The van der Waals surface area contributed by atoms with Crippen molar-refractivity contribution in [1.29, 1.82) is 5.26 Å². The van der Waals surface area contributed by atoms with Crippen molar-refractivity contribution in [3.05, 3.63) is 28.8 Å². The lowest BCUT2D eigenvalue weighted by Crippen LogP contribution is -2.03. The van der Waals surface area contributed by atoms with Gasteiger partial charge in [0.1, 0.15) is 5.75 Å². The maximum Gasteiger partial charge on any atom is 0.119 e. The molecule has 0 unspecified atom stereocenters. The van der Waals surface area contributed by atoms with E-state index in [1.54, 1.807) is 19.2 Å². The summed E-state index contributed by atoms with van der Waals surface area (Å²) >= 11 is 6.05. The summed E-state index contributed by atoms with van der Waals surface area (Å²) in [6.45, 7) is 0. The number of nitrogens with zero attached hydrogens (tertiary/aromatic N) is 1. The van der Waals surface area contributed by atoms with Gasteiger partial charge in [-0.2, -0.15) is 5.26 Å². The number of benzene rings is 1. The summed E-state index contributed by atoms with van der Waals surface area (Å²) in [6.07, 6.45) is 1.80. The second-order valence-corrected chi connectivity index (χ2v) is 3.95. The molecule has 14 heavy (non-hydrogen) atoms. The van der Waals surface area contributed by atoms with Gasteiger partial charge in [-0.25, -0.2) is 0 Å². The Morgan fingerprint density at radius 3 is 2.71 bits per heavy atom. The standard InChI is InChI=1S/C11H10ClNO/c1-14-8-2-3-10(12)9(6-8)11(7-13)4-5-11/h2-3,6H,4-5H2,1H3. The average molecular weight is 208 g/mol. The summed E-state index contributed by atoms with van der Waals surface area (Å²) in [5.41, 5.74) is 0.562. The Labute approximate surface area is 88.1 Å². The van der Waals surface area contributed by atoms with Crippen molar-refractivity contribution < 1.29 is 4.74 Å². The Bertz CT molecular complexity index is 404. The van der Waals surface area contributed by atoms with Crippen LogP contribution in [0.2, 0.25) is 5.02 Å². The van der Waals surface area contributed by atoms with Crippen LogP contribution in [0.3, 0.4) is 0 Å². The highest BCUT2D eigenvalue weighted by molar-refractivity contribution is 6.31. The van der Waals surface area contributed by atoms with Crippen LogP contribution in [0.25, 0.3) is 0 Å². The Morgan fingerprint density at radius 1 is 1.50 bits per heavy atom. The first-order valence-corrected chi connectivity index (χ1v) is 4.85. The van der Waals surface area contributed by atoms with E-state index in [2.05, 4.69) is 6.07 Å². The molecule has 0 heterocycles. The molecule has 0 saturated heterocycles. The van der Waals surface area contributed by atoms with E-state index >= 15 is 0 Å². The quantitative estimate of drug-likeness (QED) is 0.747. The van der Waals surface area contributed by atoms with Crippen molar-refractivity contribution in [2.45, 2.75) is 18.3 Å². The van der Waals surface area contributed by atoms with Crippen molar-refractivity contribution in [1.82, 2.24) is 0 Å². The Morgan fingerprint density at radius 2 is 2.21 bits per heavy atom. The first-order valence-electron chi connectivity index (χ1n) is 4.47. The lowest BCUT2D eigenvalue weighted by atomic mass is 9.97. The van der Waals surface area contributed by atoms with Crippen LogP contribution in [-0.2, 0) is 5.41 Å². The van der Waals surface area contributed by atoms with Crippen LogP contribution in [0.1, 0.15) is 18.4 Å². The number of ether oxygens (including phenoxy) is 1. The maximum absolute atomic E-state index is 9.05. The molecule has 2 nitrogen and oxygen atoms in total. The van der Waals surface area contributed by atoms with Crippen LogP contribution >= 0.6 is 11.6 Å². The number of rotatable bonds is 2. The van der Waals surface area contributed by atoms with E-state index in [4.69, 9.17) is 21.6 Å². The van der Waals surface area contributed by atoms with E-state index < -0.39 is 0 Å². The van der Waals surface area contributed by atoms with Crippen molar-refractivity contribution in [3.63, 3.8) is 0 Å². The van der Waals surface area contributed by atoms with Gasteiger partial charge in [-0.05, 0) is 36.6 Å². The fourth-order valence-corrected chi connectivity index (χ4v) is 1.86. The Kier molecular flexibility index (Phi) is 2.13. The second kappa shape index (κ2) is 3.18. The van der Waals surface area contributed by atoms with Gasteiger partial charge in [0.05, 0.1) is 18.6 Å². The van der Waals surface area contributed by atoms with Crippen LogP contribution in [0.4, 0.5) is 0 Å². The summed E-state index contributed by atoms with van der Waals surface area (Å²) in [7, 11) is 1.61. The van der Waals surface area contributed by atoms with Gasteiger partial charge in [-0.15, -0.1) is 0 Å². The minimum atomic E-state index is -0.342. The monoisotopic (exact) mass is 207 g/mol. The van der Waals surface area contributed by atoms with Gasteiger partial charge in [-0.1, -0.05) is 11.6 Å². The zero-order valence-corrected chi connectivity index (χ0v) is 8.64. The van der Waals surface area contributed by atoms with Crippen LogP contribution in [0, 0.1) is 11.3 Å². The predicted octanol–water partition coefficient (Wildman–Crippen LogP) is 2.90. The zero-order chi connectivity index (χ0) is 10.2. The maximum atomic E-state index is 9.05. The average Bonchev–Trinajstić information content (AvgIpc) is 2.99. The van der Waals surface area contributed by atoms with E-state index in [9.17, 15) is 0 Å². The third-order valence-electron chi connectivity index (χ3n) is 2.65. The molecule has 0 amide bonds. The number of hydrogen-bond acceptors (Lipinski definition) is 2. The smallest absolute Gasteiger partial charge is 0.119 e. The molecule has 1 aromatic carbocycles. The highest BCUT2D eigenvalue weighted by Gasteiger charge is 2.46. The van der Waals surface area contributed by atoms with Crippen LogP contribution in [0.15, 0.2) is 18.2 Å². The minimum Gasteiger partial charge on any atom is -0.497 e. The lowest BCUT2D eigenvalue weighted by Gasteiger charge is -2.10. The molecule has 0 aliphatic heterocycles. The van der Waals surface area contributed by atoms with Crippen LogP contribution < -0.4 is 4.74 Å². The molecule has 0 radical (unpaired) electrons. The highest BCUT2D eigenvalue weighted by Crippen LogP contribution is 2.50. The molecule has 3 heteroatoms. The molecule has 0 spiro atoms. The predicted molar refractivity (Wildman–Crippen MR) is 54.5 cm³/mol. The lowest BCUT2D eigenvalue weighted by molar-refractivity contribution is 0.414. The molecule has 0 N–H and O–H groups in total. The van der Waals surface area contributed by atoms with Crippen molar-refractivity contribution in [2.75, 3.05) is 7.11 Å². The molecule has 0 atom stereocenters. The SMILES string of the molecule is COc1ccc(Cl)c(C2(C#N)CC2)c1. The van der Waals surface area contributed by atoms with Gasteiger partial charge in [0.25, 0.3) is 0 Å². The van der Waals surface area contributed by atoms with E-state index in [1.807, 2.05) is 6.07 Å². The van der Waals surface area contributed by atoms with Crippen LogP contribution in [0.5, 0.6) is 5.75 Å². The molecular formula is C11H10ClNO. The summed E-state index contributed by atoms with van der Waals surface area (Å²) < 4.78 is 5.11. The van der Waals surface area contributed by atoms with Crippen LogP contribution in [-0.4, -0.2) is 7.11 Å². The van der Waals surface area contributed by atoms with Gasteiger partial charge in [0.15, 0.2) is 0 Å². The molecule has 0 aromatic heterocycles. The third kappa shape index (κ3) is 1.34. The molecule has 0 bridgehead atoms. The van der Waals surface area contributed by atoms with Gasteiger partial charge >= 0.3 is 0 Å². The molecule has 1 aliphatic rings. The Hall–Kier alpha value is -1.20. The topological polar surface area (TPSA) is 33.0 Å². The number of methoxy groups -OCH3 is 1. The number of halogens is 1. The molecule has 1 saturated carbocycles. The first-order chi connectivity index (χ1) is 6.72. The summed E-state index contributed by atoms with van der Waals surface area (Å²) in [5.74, 6) is 0.755. The van der Waals surface area contributed by atoms with E-state index in [0.717, 1.165) is 24.2 Å². The number of nitriles is 1. The third-order valence-corrected chi connectivity index (χ3v) is 2.98. The second-order valence-electron chi connectivity index (χ2n) is 3.54. The van der Waals surface area contributed by atoms with Crippen molar-refractivity contribution in [2.24, 2.45) is 0 Å². The fourth-order valence-electron chi connectivity index (χ4n) is 1.56. The Balaban J connectivity index is 2.47. The molecule has 72 valence electrons. The molecule has 1 aromatic rings. The van der Waals surface area contributed by atoms with Gasteiger partial charge in [-0.3, -0.25) is 0 Å². The molecule has 1 aliphatic carbocycles. The molecule has 2 rings (SSSR count). The zero-order valence-electron chi connectivity index (χ0n) is 7.88. The minimum absolute atomic E-state index is 0.342. The summed E-state index contributed by atoms with van der Waals surface area (Å²) in [5, 5.41) is 9.71. The normalized spacial score (nSPS) is 17.2. The van der Waals surface area contributed by atoms with E-state index in [0.29, 0.717) is 5.02 Å². The highest BCUT2D eigenvalue weighted by atomic mass is 35.5.